The lowest BCUT2D eigenvalue weighted by Crippen LogP contribution is -2.46. The molecule has 1 atom stereocenters. The van der Waals surface area contributed by atoms with Crippen LogP contribution in [-0.4, -0.2) is 83.4 Å². The van der Waals surface area contributed by atoms with E-state index in [1.54, 1.807) is 17.0 Å². The smallest absolute Gasteiger partial charge is 0.327 e. The number of piperazine rings is 1. The molecule has 3 aliphatic rings. The zero-order chi connectivity index (χ0) is 21.1. The maximum atomic E-state index is 12.5. The van der Waals surface area contributed by atoms with E-state index >= 15 is 0 Å². The van der Waals surface area contributed by atoms with E-state index in [0.717, 1.165) is 70.5 Å². The van der Waals surface area contributed by atoms with Crippen molar-refractivity contribution >= 4 is 23.3 Å². The Morgan fingerprint density at radius 1 is 0.933 bits per heavy atom. The van der Waals surface area contributed by atoms with E-state index in [1.807, 2.05) is 12.1 Å². The summed E-state index contributed by atoms with van der Waals surface area (Å²) in [5.41, 5.74) is 1.13. The number of rotatable bonds is 7. The zero-order valence-corrected chi connectivity index (χ0v) is 17.2. The first-order valence-electron chi connectivity index (χ1n) is 10.9. The number of imide groups is 1. The van der Waals surface area contributed by atoms with Crippen LogP contribution >= 0.6 is 0 Å². The third kappa shape index (κ3) is 4.26. The largest absolute Gasteiger partial charge is 0.369 e. The van der Waals surface area contributed by atoms with Gasteiger partial charge in [0.2, 0.25) is 0 Å². The van der Waals surface area contributed by atoms with Crippen LogP contribution in [0.15, 0.2) is 24.3 Å². The zero-order valence-electron chi connectivity index (χ0n) is 17.2. The summed E-state index contributed by atoms with van der Waals surface area (Å²) >= 11 is 0. The van der Waals surface area contributed by atoms with Crippen molar-refractivity contribution in [3.8, 4) is 0 Å². The Morgan fingerprint density at radius 3 is 2.30 bits per heavy atom. The molecule has 0 spiro atoms. The van der Waals surface area contributed by atoms with E-state index in [4.69, 9.17) is 0 Å². The molecule has 0 aromatic heterocycles. The highest BCUT2D eigenvalue weighted by molar-refractivity contribution is 6.04. The molecule has 1 aromatic carbocycles. The Bertz CT molecular complexity index is 767. The van der Waals surface area contributed by atoms with Crippen molar-refractivity contribution in [3.05, 3.63) is 34.4 Å². The number of hydrogen-bond donors (Lipinski definition) is 0. The molecule has 0 radical (unpaired) electrons. The molecule has 3 saturated heterocycles. The molecule has 30 heavy (non-hydrogen) atoms. The standard InChI is InChI=1S/C21H29N5O4/c27-20-19-5-1-2-11-24(19)21(28)25(20)12-4-3-10-22-13-15-23(16-14-22)17-6-8-18(9-7-17)26(29)30/h6-9,19H,1-5,10-16H2/t19-/m0/s1. The molecular weight excluding hydrogens is 386 g/mol. The fourth-order valence-corrected chi connectivity index (χ4v) is 4.67. The Morgan fingerprint density at radius 2 is 1.63 bits per heavy atom. The number of nitro groups is 1. The number of nitrogens with zero attached hydrogens (tertiary/aromatic N) is 5. The number of anilines is 1. The van der Waals surface area contributed by atoms with Gasteiger partial charge >= 0.3 is 6.03 Å². The highest BCUT2D eigenvalue weighted by Crippen LogP contribution is 2.27. The van der Waals surface area contributed by atoms with Gasteiger partial charge in [-0.15, -0.1) is 0 Å². The Hall–Kier alpha value is -2.68. The average Bonchev–Trinajstić information content (AvgIpc) is 3.02. The van der Waals surface area contributed by atoms with Crippen LogP contribution in [0.4, 0.5) is 16.2 Å². The minimum absolute atomic E-state index is 0.00332. The van der Waals surface area contributed by atoms with Gasteiger partial charge in [-0.3, -0.25) is 24.7 Å². The topological polar surface area (TPSA) is 90.2 Å². The monoisotopic (exact) mass is 415 g/mol. The van der Waals surface area contributed by atoms with E-state index in [0.29, 0.717) is 13.1 Å². The van der Waals surface area contributed by atoms with Gasteiger partial charge in [0, 0.05) is 57.1 Å². The first kappa shape index (κ1) is 20.6. The molecule has 0 saturated carbocycles. The molecule has 4 rings (SSSR count). The van der Waals surface area contributed by atoms with Gasteiger partial charge in [0.25, 0.3) is 11.6 Å². The van der Waals surface area contributed by atoms with Crippen LogP contribution in [0.3, 0.4) is 0 Å². The first-order chi connectivity index (χ1) is 14.5. The highest BCUT2D eigenvalue weighted by atomic mass is 16.6. The van der Waals surface area contributed by atoms with Crippen LogP contribution in [0.1, 0.15) is 32.1 Å². The van der Waals surface area contributed by atoms with Gasteiger partial charge in [-0.05, 0) is 50.8 Å². The molecule has 9 heteroatoms. The summed E-state index contributed by atoms with van der Waals surface area (Å²) in [5.74, 6) is -0.00332. The number of carbonyl (C=O) groups is 2. The Balaban J connectivity index is 1.17. The van der Waals surface area contributed by atoms with Crippen molar-refractivity contribution in [2.45, 2.75) is 38.1 Å². The van der Waals surface area contributed by atoms with Crippen molar-refractivity contribution in [3.63, 3.8) is 0 Å². The van der Waals surface area contributed by atoms with Crippen LogP contribution in [0.2, 0.25) is 0 Å². The number of nitro benzene ring substituents is 1. The number of piperidine rings is 1. The van der Waals surface area contributed by atoms with E-state index in [-0.39, 0.29) is 28.6 Å². The van der Waals surface area contributed by atoms with Crippen LogP contribution in [0, 0.1) is 10.1 Å². The van der Waals surface area contributed by atoms with Gasteiger partial charge in [0.1, 0.15) is 6.04 Å². The highest BCUT2D eigenvalue weighted by Gasteiger charge is 2.45. The number of hydrogen-bond acceptors (Lipinski definition) is 6. The number of unbranched alkanes of at least 4 members (excludes halogenated alkanes) is 1. The van der Waals surface area contributed by atoms with Crippen LogP contribution in [0.5, 0.6) is 0 Å². The number of amides is 3. The average molecular weight is 415 g/mol. The Labute approximate surface area is 176 Å². The van der Waals surface area contributed by atoms with E-state index in [9.17, 15) is 19.7 Å². The Kier molecular flexibility index (Phi) is 6.17. The molecule has 9 nitrogen and oxygen atoms in total. The lowest BCUT2D eigenvalue weighted by molar-refractivity contribution is -0.384. The van der Waals surface area contributed by atoms with Gasteiger partial charge in [-0.1, -0.05) is 0 Å². The summed E-state index contributed by atoms with van der Waals surface area (Å²) < 4.78 is 0. The summed E-state index contributed by atoms with van der Waals surface area (Å²) in [6.45, 7) is 5.84. The molecule has 0 bridgehead atoms. The number of carbonyl (C=O) groups excluding carboxylic acids is 2. The molecule has 162 valence electrons. The SMILES string of the molecule is O=C1[C@@H]2CCCCN2C(=O)N1CCCCN1CCN(c2ccc([N+](=O)[O-])cc2)CC1. The third-order valence-corrected chi connectivity index (χ3v) is 6.43. The summed E-state index contributed by atoms with van der Waals surface area (Å²) in [7, 11) is 0. The van der Waals surface area contributed by atoms with Crippen molar-refractivity contribution in [2.24, 2.45) is 0 Å². The van der Waals surface area contributed by atoms with Crippen LogP contribution in [-0.2, 0) is 4.79 Å². The molecule has 3 amide bonds. The van der Waals surface area contributed by atoms with E-state index < -0.39 is 0 Å². The molecule has 3 aliphatic heterocycles. The molecule has 0 N–H and O–H groups in total. The van der Waals surface area contributed by atoms with Crippen molar-refractivity contribution < 1.29 is 14.5 Å². The van der Waals surface area contributed by atoms with E-state index in [2.05, 4.69) is 9.80 Å². The quantitative estimate of drug-likeness (QED) is 0.294. The van der Waals surface area contributed by atoms with Gasteiger partial charge in [-0.25, -0.2) is 4.79 Å². The molecule has 3 fully saturated rings. The molecule has 0 aliphatic carbocycles. The third-order valence-electron chi connectivity index (χ3n) is 6.43. The number of urea groups is 1. The van der Waals surface area contributed by atoms with Crippen molar-refractivity contribution in [1.29, 1.82) is 0 Å². The fourth-order valence-electron chi connectivity index (χ4n) is 4.67. The number of fused-ring (bicyclic) bond motifs is 1. The van der Waals surface area contributed by atoms with Crippen LogP contribution in [0.25, 0.3) is 0 Å². The second-order valence-corrected chi connectivity index (χ2v) is 8.29. The molecule has 0 unspecified atom stereocenters. The molecular formula is C21H29N5O4. The van der Waals surface area contributed by atoms with Gasteiger partial charge in [0.15, 0.2) is 0 Å². The summed E-state index contributed by atoms with van der Waals surface area (Å²) in [6.07, 6.45) is 4.62. The maximum absolute atomic E-state index is 12.5. The fraction of sp³-hybridized carbons (Fsp3) is 0.619. The van der Waals surface area contributed by atoms with Gasteiger partial charge in [-0.2, -0.15) is 0 Å². The van der Waals surface area contributed by atoms with Gasteiger partial charge < -0.3 is 9.80 Å². The molecule has 1 aromatic rings. The second kappa shape index (κ2) is 8.99. The van der Waals surface area contributed by atoms with Crippen molar-refractivity contribution in [2.75, 3.05) is 50.7 Å². The second-order valence-electron chi connectivity index (χ2n) is 8.29. The summed E-state index contributed by atoms with van der Waals surface area (Å²) in [4.78, 5) is 43.2. The van der Waals surface area contributed by atoms with Gasteiger partial charge in [0.05, 0.1) is 4.92 Å². The lowest BCUT2D eigenvalue weighted by Gasteiger charge is -2.36. The predicted octanol–water partition coefficient (Wildman–Crippen LogP) is 2.31. The summed E-state index contributed by atoms with van der Waals surface area (Å²) in [6, 6.07) is 6.42. The van der Waals surface area contributed by atoms with Crippen LogP contribution < -0.4 is 4.90 Å². The van der Waals surface area contributed by atoms with Crippen molar-refractivity contribution in [1.82, 2.24) is 14.7 Å². The van der Waals surface area contributed by atoms with E-state index in [1.165, 1.54) is 4.90 Å². The first-order valence-corrected chi connectivity index (χ1v) is 10.9. The lowest BCUT2D eigenvalue weighted by atomic mass is 10.0. The number of benzene rings is 1. The maximum Gasteiger partial charge on any atom is 0.327 e. The minimum atomic E-state index is -0.379. The summed E-state index contributed by atoms with van der Waals surface area (Å²) in [5, 5.41) is 10.8. The normalized spacial score (nSPS) is 22.5. The minimum Gasteiger partial charge on any atom is -0.369 e. The number of non-ortho nitro benzene ring substituents is 1. The molecule has 3 heterocycles. The predicted molar refractivity (Wildman–Crippen MR) is 112 cm³/mol.